The number of aliphatic hydroxyl groups excluding tert-OH is 1. The standard InChI is InChI=1S/C27H23FN6O2.ClH/c28-20-9-7-19(8-10-20)25-23-3-1-2-4-24(23)26(32-31-25)33-13-14-34(22(16-33)17-35)27(36)30-21-11-5-18(15-29)6-12-21;/h1-12,22,35H,13-14,16-17H2,(H,30,36);1H. The number of fused-ring (bicyclic) bond motifs is 1. The van der Waals surface area contributed by atoms with E-state index in [4.69, 9.17) is 5.26 Å². The Morgan fingerprint density at radius 2 is 1.73 bits per heavy atom. The Labute approximate surface area is 219 Å². The lowest BCUT2D eigenvalue weighted by Gasteiger charge is -2.41. The zero-order chi connectivity index (χ0) is 25.1. The number of benzene rings is 3. The quantitative estimate of drug-likeness (QED) is 0.413. The summed E-state index contributed by atoms with van der Waals surface area (Å²) in [6.45, 7) is 1.05. The summed E-state index contributed by atoms with van der Waals surface area (Å²) >= 11 is 0. The van der Waals surface area contributed by atoms with Crippen LogP contribution in [0.15, 0.2) is 72.8 Å². The molecular weight excluding hydrogens is 495 g/mol. The van der Waals surface area contributed by atoms with Crippen molar-refractivity contribution in [2.75, 3.05) is 36.5 Å². The highest BCUT2D eigenvalue weighted by Crippen LogP contribution is 2.32. The van der Waals surface area contributed by atoms with Crippen molar-refractivity contribution in [3.05, 3.63) is 84.2 Å². The molecule has 1 unspecified atom stereocenters. The lowest BCUT2D eigenvalue weighted by atomic mass is 10.0. The molecule has 2 N–H and O–H groups in total. The first kappa shape index (κ1) is 25.8. The number of piperazine rings is 1. The SMILES string of the molecule is Cl.N#Cc1ccc(NC(=O)N2CCN(c3nnc(-c4ccc(F)cc4)c4ccccc34)CC2CO)cc1. The van der Waals surface area contributed by atoms with Crippen molar-refractivity contribution in [1.29, 1.82) is 5.26 Å². The van der Waals surface area contributed by atoms with E-state index in [2.05, 4.69) is 15.5 Å². The fraction of sp³-hybridized carbons (Fsp3) is 0.185. The number of halogens is 2. The highest BCUT2D eigenvalue weighted by Gasteiger charge is 2.31. The third-order valence-electron chi connectivity index (χ3n) is 6.30. The zero-order valence-electron chi connectivity index (χ0n) is 19.7. The van der Waals surface area contributed by atoms with Gasteiger partial charge in [-0.2, -0.15) is 5.26 Å². The number of amides is 2. The van der Waals surface area contributed by atoms with Crippen LogP contribution in [-0.4, -0.2) is 58.5 Å². The average Bonchev–Trinajstić information content (AvgIpc) is 2.93. The number of aliphatic hydroxyl groups is 1. The molecule has 37 heavy (non-hydrogen) atoms. The van der Waals surface area contributed by atoms with Crippen LogP contribution in [-0.2, 0) is 0 Å². The van der Waals surface area contributed by atoms with Crippen molar-refractivity contribution in [3.8, 4) is 17.3 Å². The minimum Gasteiger partial charge on any atom is -0.394 e. The fourth-order valence-corrected chi connectivity index (χ4v) is 4.44. The molecular formula is C27H24ClFN6O2. The highest BCUT2D eigenvalue weighted by molar-refractivity contribution is 6.00. The number of hydrogen-bond acceptors (Lipinski definition) is 6. The summed E-state index contributed by atoms with van der Waals surface area (Å²) in [7, 11) is 0. The van der Waals surface area contributed by atoms with Crippen LogP contribution in [0.2, 0.25) is 0 Å². The molecule has 4 aromatic rings. The highest BCUT2D eigenvalue weighted by atomic mass is 35.5. The Balaban J connectivity index is 0.00000320. The molecule has 0 bridgehead atoms. The Bertz CT molecular complexity index is 1440. The van der Waals surface area contributed by atoms with Crippen molar-refractivity contribution in [2.24, 2.45) is 0 Å². The number of nitriles is 1. The molecule has 8 nitrogen and oxygen atoms in total. The zero-order valence-corrected chi connectivity index (χ0v) is 20.5. The van der Waals surface area contributed by atoms with Gasteiger partial charge in [0.05, 0.1) is 24.3 Å². The van der Waals surface area contributed by atoms with Crippen LogP contribution in [0.4, 0.5) is 20.7 Å². The van der Waals surface area contributed by atoms with E-state index in [-0.39, 0.29) is 30.9 Å². The number of nitrogens with one attached hydrogen (secondary N) is 1. The summed E-state index contributed by atoms with van der Waals surface area (Å²) < 4.78 is 13.4. The summed E-state index contributed by atoms with van der Waals surface area (Å²) in [4.78, 5) is 16.6. The predicted octanol–water partition coefficient (Wildman–Crippen LogP) is 4.44. The summed E-state index contributed by atoms with van der Waals surface area (Å²) in [5, 5.41) is 32.6. The van der Waals surface area contributed by atoms with Crippen LogP contribution in [0.3, 0.4) is 0 Å². The van der Waals surface area contributed by atoms with Crippen molar-refractivity contribution >= 4 is 40.7 Å². The molecule has 0 saturated carbocycles. The minimum atomic E-state index is -0.450. The number of aromatic nitrogens is 2. The second kappa shape index (κ2) is 11.2. The van der Waals surface area contributed by atoms with Gasteiger partial charge in [-0.1, -0.05) is 24.3 Å². The minimum absolute atomic E-state index is 0. The van der Waals surface area contributed by atoms with E-state index >= 15 is 0 Å². The second-order valence-electron chi connectivity index (χ2n) is 8.52. The maximum Gasteiger partial charge on any atom is 0.322 e. The molecule has 5 rings (SSSR count). The number of nitrogens with zero attached hydrogens (tertiary/aromatic N) is 5. The van der Waals surface area contributed by atoms with Gasteiger partial charge >= 0.3 is 6.03 Å². The van der Waals surface area contributed by atoms with Gasteiger partial charge in [0.2, 0.25) is 0 Å². The third kappa shape index (κ3) is 5.31. The molecule has 1 atom stereocenters. The summed E-state index contributed by atoms with van der Waals surface area (Å²) in [6.07, 6.45) is 0. The van der Waals surface area contributed by atoms with E-state index in [1.165, 1.54) is 12.1 Å². The molecule has 0 aliphatic carbocycles. The van der Waals surface area contributed by atoms with Gasteiger partial charge in [-0.3, -0.25) is 0 Å². The van der Waals surface area contributed by atoms with E-state index < -0.39 is 6.04 Å². The molecule has 0 radical (unpaired) electrons. The number of rotatable bonds is 4. The third-order valence-corrected chi connectivity index (χ3v) is 6.30. The summed E-state index contributed by atoms with van der Waals surface area (Å²) in [6, 6.07) is 21.8. The van der Waals surface area contributed by atoms with Gasteiger partial charge in [0, 0.05) is 41.7 Å². The molecule has 10 heteroatoms. The second-order valence-corrected chi connectivity index (χ2v) is 8.52. The molecule has 1 aromatic heterocycles. The molecule has 3 aromatic carbocycles. The monoisotopic (exact) mass is 518 g/mol. The van der Waals surface area contributed by atoms with Crippen molar-refractivity contribution in [1.82, 2.24) is 15.1 Å². The molecule has 2 heterocycles. The Morgan fingerprint density at radius 3 is 2.41 bits per heavy atom. The molecule has 1 fully saturated rings. The normalized spacial score (nSPS) is 15.1. The molecule has 1 saturated heterocycles. The molecule has 2 amide bonds. The maximum absolute atomic E-state index is 13.4. The summed E-state index contributed by atoms with van der Waals surface area (Å²) in [5.74, 6) is 0.353. The number of carbonyl (C=O) groups is 1. The van der Waals surface area contributed by atoms with Crippen LogP contribution in [0, 0.1) is 17.1 Å². The van der Waals surface area contributed by atoms with Crippen LogP contribution in [0.1, 0.15) is 5.56 Å². The number of urea groups is 1. The van der Waals surface area contributed by atoms with Crippen LogP contribution >= 0.6 is 12.4 Å². The van der Waals surface area contributed by atoms with Gasteiger partial charge in [-0.25, -0.2) is 9.18 Å². The number of anilines is 2. The number of carbonyl (C=O) groups excluding carboxylic acids is 1. The molecule has 0 spiro atoms. The molecule has 188 valence electrons. The van der Waals surface area contributed by atoms with Crippen molar-refractivity contribution in [2.45, 2.75) is 6.04 Å². The van der Waals surface area contributed by atoms with Gasteiger partial charge in [0.25, 0.3) is 0 Å². The lowest BCUT2D eigenvalue weighted by Crippen LogP contribution is -2.58. The van der Waals surface area contributed by atoms with E-state index in [1.54, 1.807) is 41.3 Å². The number of hydrogen-bond donors (Lipinski definition) is 2. The topological polar surface area (TPSA) is 105 Å². The Kier molecular flexibility index (Phi) is 7.82. The van der Waals surface area contributed by atoms with Crippen molar-refractivity contribution in [3.63, 3.8) is 0 Å². The Hall–Kier alpha value is -4.26. The van der Waals surface area contributed by atoms with Crippen LogP contribution in [0.5, 0.6) is 0 Å². The van der Waals surface area contributed by atoms with Gasteiger partial charge < -0.3 is 20.2 Å². The fourth-order valence-electron chi connectivity index (χ4n) is 4.44. The van der Waals surface area contributed by atoms with E-state index in [0.717, 1.165) is 16.3 Å². The molecule has 1 aliphatic rings. The van der Waals surface area contributed by atoms with Gasteiger partial charge in [-0.05, 0) is 48.5 Å². The Morgan fingerprint density at radius 1 is 1.03 bits per heavy atom. The average molecular weight is 519 g/mol. The van der Waals surface area contributed by atoms with Gasteiger partial charge in [-0.15, -0.1) is 22.6 Å². The van der Waals surface area contributed by atoms with Crippen LogP contribution < -0.4 is 10.2 Å². The van der Waals surface area contributed by atoms with E-state index in [9.17, 15) is 14.3 Å². The largest absolute Gasteiger partial charge is 0.394 e. The predicted molar refractivity (Wildman–Crippen MR) is 142 cm³/mol. The van der Waals surface area contributed by atoms with Crippen molar-refractivity contribution < 1.29 is 14.3 Å². The van der Waals surface area contributed by atoms with E-state index in [1.807, 2.05) is 35.2 Å². The maximum atomic E-state index is 13.4. The first-order valence-corrected chi connectivity index (χ1v) is 11.5. The van der Waals surface area contributed by atoms with Gasteiger partial charge in [0.1, 0.15) is 11.5 Å². The summed E-state index contributed by atoms with van der Waals surface area (Å²) in [5.41, 5.74) is 2.51. The lowest BCUT2D eigenvalue weighted by molar-refractivity contribution is 0.132. The first-order valence-electron chi connectivity index (χ1n) is 11.5. The molecule has 1 aliphatic heterocycles. The van der Waals surface area contributed by atoms with E-state index in [0.29, 0.717) is 42.4 Å². The van der Waals surface area contributed by atoms with Crippen LogP contribution in [0.25, 0.3) is 22.0 Å². The smallest absolute Gasteiger partial charge is 0.322 e. The first-order chi connectivity index (χ1) is 17.6. The van der Waals surface area contributed by atoms with Gasteiger partial charge in [0.15, 0.2) is 5.82 Å².